The standard InChI is InChI=1S/C19H26O5/c1-17-9-15(22)14(21)8-12(17)13(20)7-11-10(17)3-5-18(2)16(23)4-6-19(11,18)24/h7,10,12,14-15,21-22,24H,3-6,8-9H2,1-2H3/t10?,12-,14+,15-,17+,18+,19+/m0/s1. The molecule has 3 fully saturated rings. The van der Waals surface area contributed by atoms with Gasteiger partial charge in [-0.25, -0.2) is 0 Å². The van der Waals surface area contributed by atoms with Crippen LogP contribution in [0.3, 0.4) is 0 Å². The maximum Gasteiger partial charge on any atom is 0.159 e. The van der Waals surface area contributed by atoms with Crippen LogP contribution in [-0.2, 0) is 9.59 Å². The summed E-state index contributed by atoms with van der Waals surface area (Å²) in [4.78, 5) is 25.2. The first-order valence-corrected chi connectivity index (χ1v) is 9.01. The first-order valence-electron chi connectivity index (χ1n) is 9.01. The topological polar surface area (TPSA) is 94.8 Å². The summed E-state index contributed by atoms with van der Waals surface area (Å²) in [5, 5.41) is 31.6. The second-order valence-electron chi connectivity index (χ2n) is 8.84. The molecule has 5 heteroatoms. The van der Waals surface area contributed by atoms with Crippen LogP contribution in [0.25, 0.3) is 0 Å². The third-order valence-electron chi connectivity index (χ3n) is 7.83. The molecular weight excluding hydrogens is 308 g/mol. The number of hydrogen-bond donors (Lipinski definition) is 3. The van der Waals surface area contributed by atoms with Gasteiger partial charge in [0, 0.05) is 12.3 Å². The molecule has 0 aromatic carbocycles. The Labute approximate surface area is 141 Å². The molecule has 0 bridgehead atoms. The van der Waals surface area contributed by atoms with Crippen LogP contribution in [0.15, 0.2) is 11.6 Å². The summed E-state index contributed by atoms with van der Waals surface area (Å²) in [6, 6.07) is 0. The van der Waals surface area contributed by atoms with Gasteiger partial charge in [-0.1, -0.05) is 6.92 Å². The fraction of sp³-hybridized carbons (Fsp3) is 0.789. The number of aliphatic hydroxyl groups is 3. The number of rotatable bonds is 0. The van der Waals surface area contributed by atoms with E-state index in [9.17, 15) is 24.9 Å². The number of fused-ring (bicyclic) bond motifs is 5. The molecule has 0 aromatic heterocycles. The van der Waals surface area contributed by atoms with Crippen molar-refractivity contribution in [2.75, 3.05) is 0 Å². The quantitative estimate of drug-likeness (QED) is 0.618. The first-order chi connectivity index (χ1) is 11.1. The highest BCUT2D eigenvalue weighted by atomic mass is 16.3. The van der Waals surface area contributed by atoms with Crippen LogP contribution in [-0.4, -0.2) is 44.7 Å². The Kier molecular flexibility index (Phi) is 3.27. The predicted molar refractivity (Wildman–Crippen MR) is 86.0 cm³/mol. The van der Waals surface area contributed by atoms with Gasteiger partial charge in [-0.2, -0.15) is 0 Å². The molecule has 0 amide bonds. The number of aliphatic hydroxyl groups excluding tert-OH is 2. The number of hydrogen-bond acceptors (Lipinski definition) is 5. The van der Waals surface area contributed by atoms with E-state index in [4.69, 9.17) is 0 Å². The minimum atomic E-state index is -1.24. The normalized spacial score (nSPS) is 54.0. The fourth-order valence-corrected chi connectivity index (χ4v) is 6.14. The number of Topliss-reactive ketones (excluding diaryl/α,β-unsaturated/α-hetero) is 1. The molecule has 1 unspecified atom stereocenters. The van der Waals surface area contributed by atoms with Crippen molar-refractivity contribution in [2.24, 2.45) is 22.7 Å². The van der Waals surface area contributed by atoms with Gasteiger partial charge in [0.15, 0.2) is 5.78 Å². The summed E-state index contributed by atoms with van der Waals surface area (Å²) in [6.07, 6.45) is 2.56. The van der Waals surface area contributed by atoms with Crippen molar-refractivity contribution in [1.82, 2.24) is 0 Å². The van der Waals surface area contributed by atoms with Gasteiger partial charge in [0.2, 0.25) is 0 Å². The molecule has 132 valence electrons. The molecule has 24 heavy (non-hydrogen) atoms. The summed E-state index contributed by atoms with van der Waals surface area (Å²) < 4.78 is 0. The molecule has 0 saturated heterocycles. The lowest BCUT2D eigenvalue weighted by Gasteiger charge is -2.58. The Morgan fingerprint density at radius 3 is 2.50 bits per heavy atom. The molecule has 0 aromatic rings. The minimum absolute atomic E-state index is 0.0219. The maximum atomic E-state index is 12.8. The largest absolute Gasteiger partial charge is 0.390 e. The van der Waals surface area contributed by atoms with E-state index in [1.807, 2.05) is 13.8 Å². The molecule has 3 saturated carbocycles. The molecule has 5 nitrogen and oxygen atoms in total. The van der Waals surface area contributed by atoms with Crippen LogP contribution < -0.4 is 0 Å². The van der Waals surface area contributed by atoms with Crippen molar-refractivity contribution in [3.05, 3.63) is 11.6 Å². The van der Waals surface area contributed by atoms with Gasteiger partial charge >= 0.3 is 0 Å². The van der Waals surface area contributed by atoms with Gasteiger partial charge < -0.3 is 15.3 Å². The van der Waals surface area contributed by atoms with Crippen molar-refractivity contribution >= 4 is 11.6 Å². The molecule has 7 atom stereocenters. The van der Waals surface area contributed by atoms with Crippen molar-refractivity contribution in [1.29, 1.82) is 0 Å². The lowest BCUT2D eigenvalue weighted by molar-refractivity contribution is -0.154. The van der Waals surface area contributed by atoms with Gasteiger partial charge in [0.1, 0.15) is 5.78 Å². The minimum Gasteiger partial charge on any atom is -0.390 e. The smallest absolute Gasteiger partial charge is 0.159 e. The highest BCUT2D eigenvalue weighted by molar-refractivity contribution is 5.96. The number of carbonyl (C=O) groups is 2. The molecular formula is C19H26O5. The monoisotopic (exact) mass is 334 g/mol. The van der Waals surface area contributed by atoms with Gasteiger partial charge in [-0.3, -0.25) is 9.59 Å². The Hall–Kier alpha value is -1.04. The van der Waals surface area contributed by atoms with Crippen molar-refractivity contribution in [3.8, 4) is 0 Å². The summed E-state index contributed by atoms with van der Waals surface area (Å²) >= 11 is 0. The van der Waals surface area contributed by atoms with Crippen molar-refractivity contribution < 1.29 is 24.9 Å². The number of ketones is 2. The molecule has 0 aliphatic heterocycles. The van der Waals surface area contributed by atoms with Crippen LogP contribution >= 0.6 is 0 Å². The second kappa shape index (κ2) is 4.77. The van der Waals surface area contributed by atoms with Crippen LogP contribution in [0.1, 0.15) is 52.4 Å². The second-order valence-corrected chi connectivity index (χ2v) is 8.84. The zero-order valence-corrected chi connectivity index (χ0v) is 14.3. The molecule has 0 heterocycles. The maximum absolute atomic E-state index is 12.8. The molecule has 4 rings (SSSR count). The van der Waals surface area contributed by atoms with E-state index in [-0.39, 0.29) is 29.8 Å². The first kappa shape index (κ1) is 16.4. The van der Waals surface area contributed by atoms with E-state index in [0.29, 0.717) is 31.3 Å². The van der Waals surface area contributed by atoms with Gasteiger partial charge in [-0.15, -0.1) is 0 Å². The Morgan fingerprint density at radius 2 is 1.79 bits per heavy atom. The van der Waals surface area contributed by atoms with E-state index in [0.717, 1.165) is 6.42 Å². The molecule has 3 N–H and O–H groups in total. The molecule has 4 aliphatic rings. The third kappa shape index (κ3) is 1.76. The van der Waals surface area contributed by atoms with Gasteiger partial charge in [-0.05, 0) is 62.0 Å². The highest BCUT2D eigenvalue weighted by Crippen LogP contribution is 2.64. The Morgan fingerprint density at radius 1 is 1.08 bits per heavy atom. The van der Waals surface area contributed by atoms with E-state index in [1.165, 1.54) is 0 Å². The van der Waals surface area contributed by atoms with Crippen LogP contribution in [0, 0.1) is 22.7 Å². The highest BCUT2D eigenvalue weighted by Gasteiger charge is 2.66. The summed E-state index contributed by atoms with van der Waals surface area (Å²) in [7, 11) is 0. The Balaban J connectivity index is 1.83. The van der Waals surface area contributed by atoms with Crippen LogP contribution in [0.2, 0.25) is 0 Å². The molecule has 0 spiro atoms. The SMILES string of the molecule is C[C@]12C[C@H](O)[C@H](O)C[C@H]1C(=O)C=C1C2CC[C@]2(C)C(=O)CC[C@@]12O. The fourth-order valence-electron chi connectivity index (χ4n) is 6.14. The average Bonchev–Trinajstić information content (AvgIpc) is 2.75. The number of carbonyl (C=O) groups excluding carboxylic acids is 2. The van der Waals surface area contributed by atoms with Gasteiger partial charge in [0.05, 0.1) is 23.2 Å². The molecule has 0 radical (unpaired) electrons. The van der Waals surface area contributed by atoms with Crippen LogP contribution in [0.4, 0.5) is 0 Å². The van der Waals surface area contributed by atoms with E-state index >= 15 is 0 Å². The van der Waals surface area contributed by atoms with Crippen LogP contribution in [0.5, 0.6) is 0 Å². The number of allylic oxidation sites excluding steroid dienone is 1. The zero-order chi connectivity index (χ0) is 17.5. The summed E-state index contributed by atoms with van der Waals surface area (Å²) in [5.74, 6) is -0.337. The predicted octanol–water partition coefficient (Wildman–Crippen LogP) is 1.14. The lowest BCUT2D eigenvalue weighted by Crippen LogP contribution is -2.60. The summed E-state index contributed by atoms with van der Waals surface area (Å²) in [5.41, 5.74) is -1.80. The van der Waals surface area contributed by atoms with Gasteiger partial charge in [0.25, 0.3) is 0 Å². The van der Waals surface area contributed by atoms with E-state index in [2.05, 4.69) is 0 Å². The average molecular weight is 334 g/mol. The lowest BCUT2D eigenvalue weighted by atomic mass is 9.47. The van der Waals surface area contributed by atoms with E-state index < -0.39 is 28.6 Å². The Bertz CT molecular complexity index is 654. The summed E-state index contributed by atoms with van der Waals surface area (Å²) in [6.45, 7) is 3.84. The third-order valence-corrected chi connectivity index (χ3v) is 7.83. The van der Waals surface area contributed by atoms with Crippen molar-refractivity contribution in [2.45, 2.75) is 70.2 Å². The van der Waals surface area contributed by atoms with Crippen molar-refractivity contribution in [3.63, 3.8) is 0 Å². The zero-order valence-electron chi connectivity index (χ0n) is 14.3. The van der Waals surface area contributed by atoms with E-state index in [1.54, 1.807) is 6.08 Å². The molecule has 4 aliphatic carbocycles.